The Kier molecular flexibility index (Phi) is 2.48. The van der Waals surface area contributed by atoms with Crippen molar-refractivity contribution >= 4 is 22.6 Å². The van der Waals surface area contributed by atoms with E-state index in [1.54, 1.807) is 36.1 Å². The van der Waals surface area contributed by atoms with Gasteiger partial charge in [-0.2, -0.15) is 9.49 Å². The zero-order valence-electron chi connectivity index (χ0n) is 9.43. The van der Waals surface area contributed by atoms with Crippen LogP contribution in [0.4, 0.5) is 4.39 Å². The van der Waals surface area contributed by atoms with Crippen molar-refractivity contribution in [1.82, 2.24) is 19.7 Å². The topological polar surface area (TPSA) is 43.6 Å². The first-order valence-corrected chi connectivity index (χ1v) is 5.64. The van der Waals surface area contributed by atoms with Crippen molar-refractivity contribution in [3.63, 3.8) is 0 Å². The third kappa shape index (κ3) is 1.64. The molecule has 0 aliphatic heterocycles. The van der Waals surface area contributed by atoms with Crippen LogP contribution in [-0.2, 0) is 7.05 Å². The summed E-state index contributed by atoms with van der Waals surface area (Å²) in [6.07, 6.45) is 2.99. The second-order valence-electron chi connectivity index (χ2n) is 3.83. The summed E-state index contributed by atoms with van der Waals surface area (Å²) >= 11 is 6.17. The molecule has 3 rings (SSSR count). The van der Waals surface area contributed by atoms with Crippen molar-refractivity contribution in [1.29, 1.82) is 0 Å². The molecule has 0 atom stereocenters. The Bertz CT molecular complexity index is 738. The van der Waals surface area contributed by atoms with Crippen molar-refractivity contribution in [3.8, 4) is 11.3 Å². The molecule has 0 saturated heterocycles. The summed E-state index contributed by atoms with van der Waals surface area (Å²) in [4.78, 5) is 7.94. The van der Waals surface area contributed by atoms with Crippen molar-refractivity contribution in [2.45, 2.75) is 0 Å². The molecule has 0 aromatic carbocycles. The largest absolute Gasteiger partial charge is 0.265 e. The summed E-state index contributed by atoms with van der Waals surface area (Å²) < 4.78 is 15.2. The standard InChI is InChI=1S/C12H8ClFN4/c1-18-11-8(13)5-9(17-10(11)6-16-18)7-3-2-4-15-12(7)14/h2-6H,1H3. The van der Waals surface area contributed by atoms with Crippen LogP contribution in [0.3, 0.4) is 0 Å². The highest BCUT2D eigenvalue weighted by atomic mass is 35.5. The monoisotopic (exact) mass is 262 g/mol. The molecule has 0 saturated carbocycles. The lowest BCUT2D eigenvalue weighted by molar-refractivity contribution is 0.587. The van der Waals surface area contributed by atoms with Gasteiger partial charge in [0.05, 0.1) is 22.5 Å². The fourth-order valence-electron chi connectivity index (χ4n) is 1.85. The molecular formula is C12H8ClFN4. The molecule has 0 fully saturated rings. The predicted octanol–water partition coefficient (Wildman–Crippen LogP) is 2.82. The SMILES string of the molecule is Cn1ncc2nc(-c3cccnc3F)cc(Cl)c21. The molecule has 3 heterocycles. The van der Waals surface area contributed by atoms with Gasteiger partial charge in [0.25, 0.3) is 0 Å². The number of halogens is 2. The second-order valence-corrected chi connectivity index (χ2v) is 4.24. The van der Waals surface area contributed by atoms with Gasteiger partial charge in [-0.05, 0) is 18.2 Å². The Balaban J connectivity index is 2.29. The minimum Gasteiger partial charge on any atom is -0.265 e. The van der Waals surface area contributed by atoms with E-state index in [2.05, 4.69) is 15.1 Å². The van der Waals surface area contributed by atoms with Gasteiger partial charge in [-0.3, -0.25) is 4.68 Å². The number of aryl methyl sites for hydroxylation is 1. The lowest BCUT2D eigenvalue weighted by Gasteiger charge is -2.04. The maximum absolute atomic E-state index is 13.6. The number of rotatable bonds is 1. The molecule has 4 nitrogen and oxygen atoms in total. The fraction of sp³-hybridized carbons (Fsp3) is 0.0833. The van der Waals surface area contributed by atoms with Crippen LogP contribution in [0, 0.1) is 5.95 Å². The summed E-state index contributed by atoms with van der Waals surface area (Å²) in [6.45, 7) is 0. The summed E-state index contributed by atoms with van der Waals surface area (Å²) in [7, 11) is 1.78. The first-order chi connectivity index (χ1) is 8.66. The van der Waals surface area contributed by atoms with Crippen LogP contribution in [0.15, 0.2) is 30.6 Å². The Morgan fingerprint density at radius 3 is 3.00 bits per heavy atom. The van der Waals surface area contributed by atoms with Crippen LogP contribution < -0.4 is 0 Å². The molecule has 3 aromatic rings. The third-order valence-electron chi connectivity index (χ3n) is 2.69. The molecule has 0 unspecified atom stereocenters. The molecule has 0 spiro atoms. The van der Waals surface area contributed by atoms with Crippen molar-refractivity contribution < 1.29 is 4.39 Å². The van der Waals surface area contributed by atoms with E-state index in [-0.39, 0.29) is 0 Å². The molecule has 90 valence electrons. The molecule has 0 N–H and O–H groups in total. The lowest BCUT2D eigenvalue weighted by atomic mass is 10.2. The molecule has 18 heavy (non-hydrogen) atoms. The lowest BCUT2D eigenvalue weighted by Crippen LogP contribution is -1.93. The summed E-state index contributed by atoms with van der Waals surface area (Å²) in [6, 6.07) is 4.89. The maximum Gasteiger partial charge on any atom is 0.222 e. The molecular weight excluding hydrogens is 255 g/mol. The van der Waals surface area contributed by atoms with Crippen LogP contribution in [0.25, 0.3) is 22.3 Å². The van der Waals surface area contributed by atoms with Crippen LogP contribution in [-0.4, -0.2) is 19.7 Å². The zero-order valence-corrected chi connectivity index (χ0v) is 10.2. The van der Waals surface area contributed by atoms with E-state index in [9.17, 15) is 4.39 Å². The van der Waals surface area contributed by atoms with Crippen molar-refractivity contribution in [3.05, 3.63) is 41.6 Å². The van der Waals surface area contributed by atoms with Crippen molar-refractivity contribution in [2.24, 2.45) is 7.05 Å². The van der Waals surface area contributed by atoms with E-state index < -0.39 is 5.95 Å². The van der Waals surface area contributed by atoms with Gasteiger partial charge >= 0.3 is 0 Å². The molecule has 0 aliphatic rings. The van der Waals surface area contributed by atoms with Crippen molar-refractivity contribution in [2.75, 3.05) is 0 Å². The highest BCUT2D eigenvalue weighted by Crippen LogP contribution is 2.28. The summed E-state index contributed by atoms with van der Waals surface area (Å²) in [5.41, 5.74) is 2.13. The minimum absolute atomic E-state index is 0.324. The predicted molar refractivity (Wildman–Crippen MR) is 66.7 cm³/mol. The highest BCUT2D eigenvalue weighted by Gasteiger charge is 2.12. The first kappa shape index (κ1) is 11.1. The molecule has 0 amide bonds. The van der Waals surface area contributed by atoms with Gasteiger partial charge in [-0.1, -0.05) is 11.6 Å². The van der Waals surface area contributed by atoms with E-state index >= 15 is 0 Å². The zero-order chi connectivity index (χ0) is 12.7. The third-order valence-corrected chi connectivity index (χ3v) is 2.97. The van der Waals surface area contributed by atoms with E-state index in [1.165, 1.54) is 6.20 Å². The maximum atomic E-state index is 13.6. The second kappa shape index (κ2) is 4.03. The fourth-order valence-corrected chi connectivity index (χ4v) is 2.17. The van der Waals surface area contributed by atoms with Crippen LogP contribution in [0.1, 0.15) is 0 Å². The van der Waals surface area contributed by atoms with Gasteiger partial charge in [-0.15, -0.1) is 0 Å². The van der Waals surface area contributed by atoms with Gasteiger partial charge in [0.15, 0.2) is 0 Å². The Morgan fingerprint density at radius 1 is 1.39 bits per heavy atom. The Labute approximate surface area is 107 Å². The van der Waals surface area contributed by atoms with Gasteiger partial charge < -0.3 is 0 Å². The number of aromatic nitrogens is 4. The molecule has 3 aromatic heterocycles. The average molecular weight is 263 g/mol. The molecule has 0 aliphatic carbocycles. The molecule has 0 radical (unpaired) electrons. The van der Waals surface area contributed by atoms with E-state index in [1.807, 2.05) is 0 Å². The number of pyridine rings is 2. The smallest absolute Gasteiger partial charge is 0.222 e. The first-order valence-electron chi connectivity index (χ1n) is 5.26. The minimum atomic E-state index is -0.565. The van der Waals surface area contributed by atoms with E-state index in [0.29, 0.717) is 21.8 Å². The quantitative estimate of drug-likeness (QED) is 0.634. The van der Waals surface area contributed by atoms with E-state index in [0.717, 1.165) is 5.52 Å². The normalized spacial score (nSPS) is 11.1. The summed E-state index contributed by atoms with van der Waals surface area (Å²) in [5.74, 6) is -0.565. The van der Waals surface area contributed by atoms with Gasteiger partial charge in [-0.25, -0.2) is 9.97 Å². The Morgan fingerprint density at radius 2 is 2.22 bits per heavy atom. The molecule has 0 bridgehead atoms. The Hall–Kier alpha value is -2.01. The average Bonchev–Trinajstić information content (AvgIpc) is 2.72. The van der Waals surface area contributed by atoms with Crippen LogP contribution in [0.5, 0.6) is 0 Å². The van der Waals surface area contributed by atoms with Crippen LogP contribution >= 0.6 is 11.6 Å². The van der Waals surface area contributed by atoms with Gasteiger partial charge in [0.2, 0.25) is 5.95 Å². The van der Waals surface area contributed by atoms with Crippen LogP contribution in [0.2, 0.25) is 5.02 Å². The van der Waals surface area contributed by atoms with E-state index in [4.69, 9.17) is 11.6 Å². The number of hydrogen-bond donors (Lipinski definition) is 0. The number of hydrogen-bond acceptors (Lipinski definition) is 3. The molecule has 6 heteroatoms. The van der Waals surface area contributed by atoms with Gasteiger partial charge in [0, 0.05) is 13.2 Å². The number of fused-ring (bicyclic) bond motifs is 1. The summed E-state index contributed by atoms with van der Waals surface area (Å²) in [5, 5.41) is 4.56. The van der Waals surface area contributed by atoms with Gasteiger partial charge in [0.1, 0.15) is 11.0 Å². The highest BCUT2D eigenvalue weighted by molar-refractivity contribution is 6.35. The number of nitrogens with zero attached hydrogens (tertiary/aromatic N) is 4.